The molecule has 0 fully saturated rings. The van der Waals surface area contributed by atoms with Crippen LogP contribution in [0.5, 0.6) is 0 Å². The van der Waals surface area contributed by atoms with Crippen molar-refractivity contribution in [2.45, 2.75) is 20.4 Å². The van der Waals surface area contributed by atoms with Crippen LogP contribution < -0.4 is 5.44 Å². The van der Waals surface area contributed by atoms with Crippen LogP contribution in [0.1, 0.15) is 19.4 Å². The summed E-state index contributed by atoms with van der Waals surface area (Å²) in [6.45, 7) is 4.57. The topological polar surface area (TPSA) is 66.2 Å². The van der Waals surface area contributed by atoms with Gasteiger partial charge >= 0.3 is 7.60 Å². The Hall–Kier alpha value is -1.72. The van der Waals surface area contributed by atoms with E-state index in [9.17, 15) is 4.57 Å². The van der Waals surface area contributed by atoms with Crippen molar-refractivity contribution in [2.75, 3.05) is 13.2 Å². The standard InChI is InChI=1S/C17H19ClN3O3P/c1-3-23-25(22,24-4-2)15-10-14-16(18)19-12-20-17(14)21(15)11-13-8-6-5-7-9-13/h5-10,12H,3-4,11H2,1-2H3. The monoisotopic (exact) mass is 379 g/mol. The van der Waals surface area contributed by atoms with Crippen LogP contribution in [0, 0.1) is 0 Å². The first-order chi connectivity index (χ1) is 12.1. The Morgan fingerprint density at radius 2 is 1.80 bits per heavy atom. The number of nitrogens with zero attached hydrogens (tertiary/aromatic N) is 3. The molecule has 0 aliphatic heterocycles. The molecular weight excluding hydrogens is 361 g/mol. The molecule has 0 atom stereocenters. The van der Waals surface area contributed by atoms with Crippen LogP contribution in [0.4, 0.5) is 0 Å². The van der Waals surface area contributed by atoms with Crippen LogP contribution in [0.15, 0.2) is 42.7 Å². The van der Waals surface area contributed by atoms with Gasteiger partial charge < -0.3 is 13.6 Å². The highest BCUT2D eigenvalue weighted by Gasteiger charge is 2.32. The Bertz CT molecular complexity index is 904. The highest BCUT2D eigenvalue weighted by Crippen LogP contribution is 2.48. The van der Waals surface area contributed by atoms with E-state index in [-0.39, 0.29) is 13.2 Å². The van der Waals surface area contributed by atoms with Crippen molar-refractivity contribution < 1.29 is 13.6 Å². The average Bonchev–Trinajstić information content (AvgIpc) is 2.97. The fourth-order valence-corrected chi connectivity index (χ4v) is 4.63. The molecule has 0 bridgehead atoms. The zero-order chi connectivity index (χ0) is 17.9. The van der Waals surface area contributed by atoms with E-state index in [4.69, 9.17) is 20.6 Å². The number of benzene rings is 1. The number of hydrogen-bond donors (Lipinski definition) is 0. The lowest BCUT2D eigenvalue weighted by Crippen LogP contribution is -2.21. The zero-order valence-corrected chi connectivity index (χ0v) is 15.7. The second kappa shape index (κ2) is 7.67. The number of halogens is 1. The Morgan fingerprint density at radius 1 is 1.12 bits per heavy atom. The van der Waals surface area contributed by atoms with Crippen LogP contribution in [0.3, 0.4) is 0 Å². The molecule has 25 heavy (non-hydrogen) atoms. The third kappa shape index (κ3) is 3.62. The Balaban J connectivity index is 2.21. The largest absolute Gasteiger partial charge is 0.377 e. The van der Waals surface area contributed by atoms with E-state index < -0.39 is 7.60 Å². The van der Waals surface area contributed by atoms with Gasteiger partial charge in [0.1, 0.15) is 22.6 Å². The molecule has 0 amide bonds. The van der Waals surface area contributed by atoms with E-state index in [0.29, 0.717) is 28.2 Å². The summed E-state index contributed by atoms with van der Waals surface area (Å²) in [6, 6.07) is 11.5. The smallest absolute Gasteiger partial charge is 0.314 e. The van der Waals surface area contributed by atoms with Crippen LogP contribution >= 0.6 is 19.2 Å². The van der Waals surface area contributed by atoms with E-state index in [1.165, 1.54) is 6.33 Å². The molecule has 0 N–H and O–H groups in total. The molecule has 2 heterocycles. The maximum absolute atomic E-state index is 13.4. The first kappa shape index (κ1) is 18.1. The molecule has 132 valence electrons. The normalized spacial score (nSPS) is 12.0. The van der Waals surface area contributed by atoms with Gasteiger partial charge in [0.2, 0.25) is 0 Å². The second-order valence-electron chi connectivity index (χ2n) is 5.31. The lowest BCUT2D eigenvalue weighted by Gasteiger charge is -2.19. The van der Waals surface area contributed by atoms with Crippen LogP contribution in [0.2, 0.25) is 5.15 Å². The lowest BCUT2D eigenvalue weighted by atomic mass is 10.2. The summed E-state index contributed by atoms with van der Waals surface area (Å²) < 4.78 is 26.2. The van der Waals surface area contributed by atoms with Gasteiger partial charge in [-0.05, 0) is 25.5 Å². The van der Waals surface area contributed by atoms with Gasteiger partial charge in [0, 0.05) is 6.54 Å². The number of aromatic nitrogens is 3. The Kier molecular flexibility index (Phi) is 5.54. The van der Waals surface area contributed by atoms with Crippen molar-refractivity contribution in [1.29, 1.82) is 0 Å². The van der Waals surface area contributed by atoms with E-state index in [0.717, 1.165) is 5.56 Å². The molecule has 0 spiro atoms. The third-order valence-electron chi connectivity index (χ3n) is 3.68. The number of hydrogen-bond acceptors (Lipinski definition) is 5. The van der Waals surface area contributed by atoms with E-state index in [2.05, 4.69) is 9.97 Å². The van der Waals surface area contributed by atoms with Crippen molar-refractivity contribution >= 4 is 35.7 Å². The van der Waals surface area contributed by atoms with Crippen LogP contribution in [-0.2, 0) is 20.2 Å². The molecule has 6 nitrogen and oxygen atoms in total. The fourth-order valence-electron chi connectivity index (χ4n) is 2.68. The average molecular weight is 380 g/mol. The van der Waals surface area contributed by atoms with E-state index >= 15 is 0 Å². The van der Waals surface area contributed by atoms with Crippen LogP contribution in [-0.4, -0.2) is 27.7 Å². The number of fused-ring (bicyclic) bond motifs is 1. The minimum atomic E-state index is -3.50. The van der Waals surface area contributed by atoms with Crippen molar-refractivity contribution in [3.63, 3.8) is 0 Å². The first-order valence-electron chi connectivity index (χ1n) is 8.02. The molecular formula is C17H19ClN3O3P. The van der Waals surface area contributed by atoms with Gasteiger partial charge in [-0.15, -0.1) is 0 Å². The summed E-state index contributed by atoms with van der Waals surface area (Å²) in [5.41, 5.74) is 2.06. The molecule has 2 aromatic heterocycles. The molecule has 0 aliphatic rings. The third-order valence-corrected chi connectivity index (χ3v) is 6.11. The number of rotatable bonds is 7. The van der Waals surface area contributed by atoms with Crippen molar-refractivity contribution in [3.8, 4) is 0 Å². The summed E-state index contributed by atoms with van der Waals surface area (Å²) in [7, 11) is -3.50. The van der Waals surface area contributed by atoms with Gasteiger partial charge in [-0.2, -0.15) is 0 Å². The first-order valence-corrected chi connectivity index (χ1v) is 9.94. The maximum atomic E-state index is 13.4. The minimum Gasteiger partial charge on any atom is -0.314 e. The summed E-state index contributed by atoms with van der Waals surface area (Å²) >= 11 is 6.21. The van der Waals surface area contributed by atoms with Gasteiger partial charge in [0.15, 0.2) is 0 Å². The molecule has 0 saturated heterocycles. The van der Waals surface area contributed by atoms with Gasteiger partial charge in [-0.1, -0.05) is 41.9 Å². The maximum Gasteiger partial charge on any atom is 0.377 e. The van der Waals surface area contributed by atoms with Gasteiger partial charge in [-0.3, -0.25) is 4.57 Å². The summed E-state index contributed by atoms with van der Waals surface area (Å²) in [6.07, 6.45) is 1.39. The highest BCUT2D eigenvalue weighted by molar-refractivity contribution is 7.62. The van der Waals surface area contributed by atoms with E-state index in [1.807, 2.05) is 34.9 Å². The molecule has 0 aliphatic carbocycles. The second-order valence-corrected chi connectivity index (χ2v) is 7.64. The van der Waals surface area contributed by atoms with Gasteiger partial charge in [-0.25, -0.2) is 9.97 Å². The Morgan fingerprint density at radius 3 is 2.44 bits per heavy atom. The summed E-state index contributed by atoms with van der Waals surface area (Å²) in [4.78, 5) is 8.34. The lowest BCUT2D eigenvalue weighted by molar-refractivity contribution is 0.228. The molecule has 0 saturated carbocycles. The quantitative estimate of drug-likeness (QED) is 0.458. The highest BCUT2D eigenvalue weighted by atomic mass is 35.5. The summed E-state index contributed by atoms with van der Waals surface area (Å²) in [5.74, 6) is 0. The van der Waals surface area contributed by atoms with Crippen molar-refractivity contribution in [2.24, 2.45) is 0 Å². The molecule has 3 rings (SSSR count). The fraction of sp³-hybridized carbons (Fsp3) is 0.294. The van der Waals surface area contributed by atoms with Gasteiger partial charge in [0.25, 0.3) is 0 Å². The molecule has 8 heteroatoms. The predicted octanol–water partition coefficient (Wildman–Crippen LogP) is 4.02. The molecule has 3 aromatic rings. The predicted molar refractivity (Wildman–Crippen MR) is 98.6 cm³/mol. The van der Waals surface area contributed by atoms with Gasteiger partial charge in [0.05, 0.1) is 18.6 Å². The van der Waals surface area contributed by atoms with Crippen molar-refractivity contribution in [1.82, 2.24) is 14.5 Å². The Labute approximate surface area is 151 Å². The molecule has 0 radical (unpaired) electrons. The zero-order valence-electron chi connectivity index (χ0n) is 14.1. The minimum absolute atomic E-state index is 0.267. The summed E-state index contributed by atoms with van der Waals surface area (Å²) in [5, 5.41) is 0.923. The SMILES string of the molecule is CCOP(=O)(OCC)c1cc2c(Cl)ncnc2n1Cc1ccccc1. The molecule has 1 aromatic carbocycles. The van der Waals surface area contributed by atoms with Crippen LogP contribution in [0.25, 0.3) is 11.0 Å². The molecule has 0 unspecified atom stereocenters. The van der Waals surface area contributed by atoms with E-state index in [1.54, 1.807) is 19.9 Å². The van der Waals surface area contributed by atoms with Crippen molar-refractivity contribution in [3.05, 3.63) is 53.4 Å².